The fourth-order valence-corrected chi connectivity index (χ4v) is 3.56. The Hall–Kier alpha value is -2.28. The van der Waals surface area contributed by atoms with E-state index in [4.69, 9.17) is 0 Å². The number of amides is 1. The number of carbonyl (C=O) groups excluding carboxylic acids is 1. The number of hydrogen-bond acceptors (Lipinski definition) is 5. The van der Waals surface area contributed by atoms with Gasteiger partial charge in [0.2, 0.25) is 5.91 Å². The monoisotopic (exact) mass is 356 g/mol. The maximum atomic E-state index is 12.6. The molecule has 2 aromatic rings. The standard InChI is InChI=1S/C19H28N6O/c1-5-16-7-6-8-24(11-16)12-18(26)22-17-10-15(4)23-25(17)19-20-13(2)9-14(3)21-19/h9-10,16H,5-8,11-12H2,1-4H3,(H,22,26). The summed E-state index contributed by atoms with van der Waals surface area (Å²) in [7, 11) is 0. The number of aryl methyl sites for hydroxylation is 3. The Morgan fingerprint density at radius 1 is 1.19 bits per heavy atom. The van der Waals surface area contributed by atoms with Crippen molar-refractivity contribution in [2.75, 3.05) is 25.0 Å². The molecule has 3 rings (SSSR count). The molecule has 1 amide bonds. The van der Waals surface area contributed by atoms with Crippen LogP contribution in [0.15, 0.2) is 12.1 Å². The van der Waals surface area contributed by atoms with Gasteiger partial charge in [-0.25, -0.2) is 9.97 Å². The summed E-state index contributed by atoms with van der Waals surface area (Å²) in [5.74, 6) is 1.77. The number of aromatic nitrogens is 4. The molecule has 3 heterocycles. The van der Waals surface area contributed by atoms with Crippen molar-refractivity contribution in [1.29, 1.82) is 0 Å². The highest BCUT2D eigenvalue weighted by Crippen LogP contribution is 2.19. The number of nitrogens with one attached hydrogen (secondary N) is 1. The van der Waals surface area contributed by atoms with Crippen LogP contribution in [0.1, 0.15) is 43.3 Å². The number of carbonyl (C=O) groups is 1. The van der Waals surface area contributed by atoms with E-state index < -0.39 is 0 Å². The number of rotatable bonds is 5. The lowest BCUT2D eigenvalue weighted by atomic mass is 9.96. The van der Waals surface area contributed by atoms with Gasteiger partial charge in [-0.05, 0) is 52.1 Å². The van der Waals surface area contributed by atoms with Crippen molar-refractivity contribution in [3.8, 4) is 5.95 Å². The molecule has 140 valence electrons. The molecule has 1 aliphatic rings. The number of piperidine rings is 1. The van der Waals surface area contributed by atoms with Crippen molar-refractivity contribution >= 4 is 11.7 Å². The molecule has 26 heavy (non-hydrogen) atoms. The average molecular weight is 356 g/mol. The zero-order valence-corrected chi connectivity index (χ0v) is 16.1. The summed E-state index contributed by atoms with van der Waals surface area (Å²) in [6.45, 7) is 10.4. The highest BCUT2D eigenvalue weighted by molar-refractivity contribution is 5.91. The third-order valence-electron chi connectivity index (χ3n) is 4.81. The van der Waals surface area contributed by atoms with Gasteiger partial charge in [-0.2, -0.15) is 9.78 Å². The maximum Gasteiger partial charge on any atom is 0.252 e. The summed E-state index contributed by atoms with van der Waals surface area (Å²) in [5, 5.41) is 7.44. The second-order valence-corrected chi connectivity index (χ2v) is 7.23. The minimum Gasteiger partial charge on any atom is -0.309 e. The average Bonchev–Trinajstić information content (AvgIpc) is 2.94. The molecule has 0 saturated carbocycles. The van der Waals surface area contributed by atoms with Gasteiger partial charge >= 0.3 is 0 Å². The second kappa shape index (κ2) is 7.95. The third kappa shape index (κ3) is 4.46. The van der Waals surface area contributed by atoms with Crippen LogP contribution in [0.3, 0.4) is 0 Å². The van der Waals surface area contributed by atoms with E-state index in [0.717, 1.165) is 30.2 Å². The molecule has 1 N–H and O–H groups in total. The van der Waals surface area contributed by atoms with Gasteiger partial charge in [0, 0.05) is 24.0 Å². The van der Waals surface area contributed by atoms with Crippen LogP contribution < -0.4 is 5.32 Å². The van der Waals surface area contributed by atoms with E-state index in [0.29, 0.717) is 24.2 Å². The molecule has 7 nitrogen and oxygen atoms in total. The molecule has 1 saturated heterocycles. The molecule has 0 radical (unpaired) electrons. The first-order valence-corrected chi connectivity index (χ1v) is 9.36. The predicted molar refractivity (Wildman–Crippen MR) is 101 cm³/mol. The largest absolute Gasteiger partial charge is 0.309 e. The first-order chi connectivity index (χ1) is 12.4. The van der Waals surface area contributed by atoms with Crippen molar-refractivity contribution in [1.82, 2.24) is 24.6 Å². The van der Waals surface area contributed by atoms with Crippen molar-refractivity contribution in [2.45, 2.75) is 47.0 Å². The molecule has 0 aromatic carbocycles. The van der Waals surface area contributed by atoms with Crippen LogP contribution in [0, 0.1) is 26.7 Å². The van der Waals surface area contributed by atoms with E-state index in [1.54, 1.807) is 4.68 Å². The second-order valence-electron chi connectivity index (χ2n) is 7.23. The number of anilines is 1. The van der Waals surface area contributed by atoms with Crippen LogP contribution in [0.4, 0.5) is 5.82 Å². The van der Waals surface area contributed by atoms with E-state index in [1.165, 1.54) is 19.3 Å². The van der Waals surface area contributed by atoms with Crippen LogP contribution in [-0.4, -0.2) is 50.2 Å². The maximum absolute atomic E-state index is 12.6. The molecule has 1 unspecified atom stereocenters. The lowest BCUT2D eigenvalue weighted by Gasteiger charge is -2.31. The Kier molecular flexibility index (Phi) is 5.66. The van der Waals surface area contributed by atoms with Gasteiger partial charge < -0.3 is 5.32 Å². The van der Waals surface area contributed by atoms with E-state index >= 15 is 0 Å². The SMILES string of the molecule is CCC1CCCN(CC(=O)Nc2cc(C)nn2-c2nc(C)cc(C)n2)C1. The topological polar surface area (TPSA) is 75.9 Å². The van der Waals surface area contributed by atoms with E-state index in [1.807, 2.05) is 32.9 Å². The Bertz CT molecular complexity index is 764. The number of nitrogens with zero attached hydrogens (tertiary/aromatic N) is 5. The minimum atomic E-state index is -0.0210. The molecule has 1 fully saturated rings. The van der Waals surface area contributed by atoms with Crippen LogP contribution in [0.5, 0.6) is 0 Å². The van der Waals surface area contributed by atoms with Crippen LogP contribution >= 0.6 is 0 Å². The van der Waals surface area contributed by atoms with Gasteiger partial charge in [0.05, 0.1) is 12.2 Å². The first kappa shape index (κ1) is 18.5. The Morgan fingerprint density at radius 3 is 2.62 bits per heavy atom. The fourth-order valence-electron chi connectivity index (χ4n) is 3.56. The summed E-state index contributed by atoms with van der Waals surface area (Å²) in [6, 6.07) is 3.77. The number of likely N-dealkylation sites (tertiary alicyclic amines) is 1. The van der Waals surface area contributed by atoms with E-state index in [9.17, 15) is 4.79 Å². The molecule has 1 aliphatic heterocycles. The minimum absolute atomic E-state index is 0.0210. The van der Waals surface area contributed by atoms with Gasteiger partial charge in [0.25, 0.3) is 5.95 Å². The van der Waals surface area contributed by atoms with Crippen molar-refractivity contribution in [2.24, 2.45) is 5.92 Å². The zero-order valence-electron chi connectivity index (χ0n) is 16.1. The number of hydrogen-bond donors (Lipinski definition) is 1. The summed E-state index contributed by atoms with van der Waals surface area (Å²) in [4.78, 5) is 23.7. The summed E-state index contributed by atoms with van der Waals surface area (Å²) >= 11 is 0. The normalized spacial score (nSPS) is 18.1. The van der Waals surface area contributed by atoms with E-state index in [-0.39, 0.29) is 5.91 Å². The Labute approximate surface area is 154 Å². The molecular weight excluding hydrogens is 328 g/mol. The third-order valence-corrected chi connectivity index (χ3v) is 4.81. The predicted octanol–water partition coefficient (Wildman–Crippen LogP) is 2.65. The summed E-state index contributed by atoms with van der Waals surface area (Å²) in [5.41, 5.74) is 2.56. The lowest BCUT2D eigenvalue weighted by molar-refractivity contribution is -0.117. The highest BCUT2D eigenvalue weighted by atomic mass is 16.2. The lowest BCUT2D eigenvalue weighted by Crippen LogP contribution is -2.40. The molecule has 1 atom stereocenters. The Morgan fingerprint density at radius 2 is 1.92 bits per heavy atom. The van der Waals surface area contributed by atoms with Crippen molar-refractivity contribution < 1.29 is 4.79 Å². The van der Waals surface area contributed by atoms with Crippen molar-refractivity contribution in [3.63, 3.8) is 0 Å². The zero-order chi connectivity index (χ0) is 18.7. The van der Waals surface area contributed by atoms with Gasteiger partial charge in [-0.1, -0.05) is 13.3 Å². The van der Waals surface area contributed by atoms with E-state index in [2.05, 4.69) is 32.2 Å². The van der Waals surface area contributed by atoms with Gasteiger partial charge in [0.15, 0.2) is 0 Å². The van der Waals surface area contributed by atoms with Crippen LogP contribution in [0.2, 0.25) is 0 Å². The van der Waals surface area contributed by atoms with Gasteiger partial charge in [-0.15, -0.1) is 0 Å². The molecular formula is C19H28N6O. The molecule has 0 aliphatic carbocycles. The molecule has 7 heteroatoms. The Balaban J connectivity index is 1.73. The van der Waals surface area contributed by atoms with Gasteiger partial charge in [-0.3, -0.25) is 9.69 Å². The quantitative estimate of drug-likeness (QED) is 0.891. The van der Waals surface area contributed by atoms with Gasteiger partial charge in [0.1, 0.15) is 5.82 Å². The first-order valence-electron chi connectivity index (χ1n) is 9.36. The van der Waals surface area contributed by atoms with Crippen molar-refractivity contribution in [3.05, 3.63) is 29.2 Å². The molecule has 0 spiro atoms. The fraction of sp³-hybridized carbons (Fsp3) is 0.579. The van der Waals surface area contributed by atoms with Crippen LogP contribution in [-0.2, 0) is 4.79 Å². The summed E-state index contributed by atoms with van der Waals surface area (Å²) < 4.78 is 1.61. The summed E-state index contributed by atoms with van der Waals surface area (Å²) in [6.07, 6.45) is 3.61. The molecule has 0 bridgehead atoms. The smallest absolute Gasteiger partial charge is 0.252 e. The highest BCUT2D eigenvalue weighted by Gasteiger charge is 2.21. The molecule has 2 aromatic heterocycles. The van der Waals surface area contributed by atoms with Crippen LogP contribution in [0.25, 0.3) is 5.95 Å².